The van der Waals surface area contributed by atoms with Gasteiger partial charge in [-0.2, -0.15) is 0 Å². The first-order chi connectivity index (χ1) is 6.95. The molecule has 0 aliphatic carbocycles. The number of unbranched alkanes of at least 4 members (excludes halogenated alkanes) is 1. The molecule has 0 aliphatic heterocycles. The van der Waals surface area contributed by atoms with Gasteiger partial charge < -0.3 is 10.1 Å². The normalized spacial score (nSPS) is 10.3. The van der Waals surface area contributed by atoms with Crippen LogP contribution in [0.15, 0.2) is 4.99 Å². The molecule has 0 aliphatic rings. The van der Waals surface area contributed by atoms with Crippen LogP contribution in [0.4, 0.5) is 4.79 Å². The minimum atomic E-state index is -0.374. The van der Waals surface area contributed by atoms with Crippen molar-refractivity contribution in [3.63, 3.8) is 0 Å². The van der Waals surface area contributed by atoms with E-state index in [1.54, 1.807) is 0 Å². The van der Waals surface area contributed by atoms with Gasteiger partial charge in [0.25, 0.3) is 0 Å². The van der Waals surface area contributed by atoms with Crippen LogP contribution >= 0.6 is 12.2 Å². The van der Waals surface area contributed by atoms with Crippen LogP contribution in [-0.4, -0.2) is 29.9 Å². The van der Waals surface area contributed by atoms with Crippen molar-refractivity contribution in [2.24, 2.45) is 4.99 Å². The Hall–Kier alpha value is -0.930. The molecule has 0 atom stereocenters. The first kappa shape index (κ1) is 14.1. The molecule has 4 nitrogen and oxygen atoms in total. The summed E-state index contributed by atoms with van der Waals surface area (Å²) >= 11 is 4.42. The van der Waals surface area contributed by atoms with E-state index in [4.69, 9.17) is 4.74 Å². The van der Waals surface area contributed by atoms with E-state index in [0.29, 0.717) is 13.2 Å². The fourth-order valence-corrected chi connectivity index (χ4v) is 0.937. The van der Waals surface area contributed by atoms with Gasteiger partial charge in [0.1, 0.15) is 0 Å². The van der Waals surface area contributed by atoms with Crippen LogP contribution < -0.4 is 5.32 Å². The summed E-state index contributed by atoms with van der Waals surface area (Å²) < 4.78 is 4.96. The van der Waals surface area contributed by atoms with Crippen LogP contribution in [0, 0.1) is 0 Å². The minimum Gasteiger partial charge on any atom is -0.450 e. The molecule has 0 spiro atoms. The molecule has 0 heterocycles. The lowest BCUT2D eigenvalue weighted by Gasteiger charge is -2.19. The first-order valence-electron chi connectivity index (χ1n) is 4.94. The minimum absolute atomic E-state index is 0.251. The summed E-state index contributed by atoms with van der Waals surface area (Å²) in [6, 6.07) is 0. The number of hydrogen-bond donors (Lipinski definition) is 1. The van der Waals surface area contributed by atoms with Gasteiger partial charge in [0, 0.05) is 12.1 Å². The summed E-state index contributed by atoms with van der Waals surface area (Å²) in [5.74, 6) is 0. The number of aliphatic imine (C=N–C) groups is 1. The van der Waals surface area contributed by atoms with Gasteiger partial charge >= 0.3 is 6.09 Å². The van der Waals surface area contributed by atoms with Gasteiger partial charge in [-0.25, -0.2) is 9.79 Å². The number of carbonyl (C=O) groups is 1. The van der Waals surface area contributed by atoms with Crippen LogP contribution in [0.1, 0.15) is 33.6 Å². The second-order valence-electron chi connectivity index (χ2n) is 4.19. The van der Waals surface area contributed by atoms with Crippen LogP contribution in [0.3, 0.4) is 0 Å². The lowest BCUT2D eigenvalue weighted by molar-refractivity contribution is 0.136. The Bertz CT molecular complexity index is 242. The van der Waals surface area contributed by atoms with Crippen LogP contribution in [0.25, 0.3) is 0 Å². The van der Waals surface area contributed by atoms with Gasteiger partial charge in [0.05, 0.1) is 11.8 Å². The molecule has 0 saturated heterocycles. The van der Waals surface area contributed by atoms with E-state index in [2.05, 4.69) is 27.7 Å². The van der Waals surface area contributed by atoms with Gasteiger partial charge in [-0.15, -0.1) is 0 Å². The first-order valence-corrected chi connectivity index (χ1v) is 5.35. The van der Waals surface area contributed by atoms with Crippen molar-refractivity contribution in [3.8, 4) is 0 Å². The van der Waals surface area contributed by atoms with E-state index in [1.807, 2.05) is 20.8 Å². The van der Waals surface area contributed by atoms with E-state index in [1.165, 1.54) is 0 Å². The monoisotopic (exact) mass is 230 g/mol. The Morgan fingerprint density at radius 3 is 2.67 bits per heavy atom. The highest BCUT2D eigenvalue weighted by Crippen LogP contribution is 1.99. The summed E-state index contributed by atoms with van der Waals surface area (Å²) in [4.78, 5) is 14.9. The molecule has 0 radical (unpaired) electrons. The summed E-state index contributed by atoms with van der Waals surface area (Å²) in [5, 5.41) is 4.99. The molecule has 0 rings (SSSR count). The molecular formula is C10H18N2O2S. The largest absolute Gasteiger partial charge is 0.450 e. The Morgan fingerprint density at radius 1 is 1.47 bits per heavy atom. The maximum absolute atomic E-state index is 11.2. The van der Waals surface area contributed by atoms with Crippen molar-refractivity contribution in [3.05, 3.63) is 0 Å². The molecule has 0 unspecified atom stereocenters. The van der Waals surface area contributed by atoms with Gasteiger partial charge in [-0.3, -0.25) is 0 Å². The number of isothiocyanates is 1. The van der Waals surface area contributed by atoms with Crippen molar-refractivity contribution < 1.29 is 9.53 Å². The van der Waals surface area contributed by atoms with Gasteiger partial charge in [0.15, 0.2) is 0 Å². The highest BCUT2D eigenvalue weighted by Gasteiger charge is 2.13. The predicted molar refractivity (Wildman–Crippen MR) is 63.4 cm³/mol. The molecule has 0 bridgehead atoms. The summed E-state index contributed by atoms with van der Waals surface area (Å²) in [7, 11) is 0. The maximum atomic E-state index is 11.2. The molecule has 0 aromatic rings. The van der Waals surface area contributed by atoms with E-state index in [-0.39, 0.29) is 11.6 Å². The maximum Gasteiger partial charge on any atom is 0.407 e. The van der Waals surface area contributed by atoms with E-state index < -0.39 is 0 Å². The van der Waals surface area contributed by atoms with Crippen molar-refractivity contribution in [1.82, 2.24) is 5.32 Å². The average Bonchev–Trinajstić information content (AvgIpc) is 2.08. The quantitative estimate of drug-likeness (QED) is 0.448. The molecule has 0 fully saturated rings. The Kier molecular flexibility index (Phi) is 6.92. The number of ether oxygens (including phenoxy) is 1. The molecule has 0 aromatic carbocycles. The third-order valence-corrected chi connectivity index (χ3v) is 1.57. The molecule has 1 N–H and O–H groups in total. The smallest absolute Gasteiger partial charge is 0.407 e. The second-order valence-corrected chi connectivity index (χ2v) is 4.37. The standard InChI is InChI=1S/C10H18N2O2S/c1-10(2,3)12-9(13)14-7-5-4-6-11-8-15/h4-7H2,1-3H3,(H,12,13). The van der Waals surface area contributed by atoms with Crippen molar-refractivity contribution in [2.45, 2.75) is 39.2 Å². The lowest BCUT2D eigenvalue weighted by atomic mass is 10.1. The van der Waals surface area contributed by atoms with E-state index in [9.17, 15) is 4.79 Å². The molecule has 0 saturated carbocycles. The number of hydrogen-bond acceptors (Lipinski definition) is 4. The molecular weight excluding hydrogens is 212 g/mol. The van der Waals surface area contributed by atoms with Crippen molar-refractivity contribution >= 4 is 23.5 Å². The fourth-order valence-electron chi connectivity index (χ4n) is 0.846. The highest BCUT2D eigenvalue weighted by atomic mass is 32.1. The van der Waals surface area contributed by atoms with Gasteiger partial charge in [-0.05, 0) is 45.8 Å². The van der Waals surface area contributed by atoms with Crippen LogP contribution in [0.5, 0.6) is 0 Å². The number of carbonyl (C=O) groups excluding carboxylic acids is 1. The Morgan fingerprint density at radius 2 is 2.13 bits per heavy atom. The van der Waals surface area contributed by atoms with Crippen LogP contribution in [-0.2, 0) is 4.74 Å². The topological polar surface area (TPSA) is 50.7 Å². The second kappa shape index (κ2) is 7.37. The van der Waals surface area contributed by atoms with E-state index in [0.717, 1.165) is 12.8 Å². The van der Waals surface area contributed by atoms with E-state index >= 15 is 0 Å². The van der Waals surface area contributed by atoms with Crippen molar-refractivity contribution in [1.29, 1.82) is 0 Å². The number of nitrogens with zero attached hydrogens (tertiary/aromatic N) is 1. The van der Waals surface area contributed by atoms with Crippen LogP contribution in [0.2, 0.25) is 0 Å². The highest BCUT2D eigenvalue weighted by molar-refractivity contribution is 7.78. The fraction of sp³-hybridized carbons (Fsp3) is 0.800. The van der Waals surface area contributed by atoms with Gasteiger partial charge in [0.2, 0.25) is 0 Å². The predicted octanol–water partition coefficient (Wildman–Crippen LogP) is 2.39. The molecule has 5 heteroatoms. The molecule has 15 heavy (non-hydrogen) atoms. The zero-order valence-corrected chi connectivity index (χ0v) is 10.3. The number of thiocarbonyl (C=S) groups is 1. The summed E-state index contributed by atoms with van der Waals surface area (Å²) in [6.45, 7) is 6.77. The lowest BCUT2D eigenvalue weighted by Crippen LogP contribution is -2.41. The number of rotatable bonds is 5. The number of amides is 1. The third kappa shape index (κ3) is 11.0. The van der Waals surface area contributed by atoms with Gasteiger partial charge in [-0.1, -0.05) is 0 Å². The number of alkyl carbamates (subject to hydrolysis) is 1. The zero-order chi connectivity index (χ0) is 11.7. The summed E-state index contributed by atoms with van der Waals surface area (Å²) in [6.07, 6.45) is 1.27. The molecule has 86 valence electrons. The summed E-state index contributed by atoms with van der Waals surface area (Å²) in [5.41, 5.74) is -0.251. The van der Waals surface area contributed by atoms with Crippen molar-refractivity contribution in [2.75, 3.05) is 13.2 Å². The third-order valence-electron chi connectivity index (χ3n) is 1.44. The SMILES string of the molecule is CC(C)(C)NC(=O)OCCCCN=C=S. The zero-order valence-electron chi connectivity index (χ0n) is 9.50. The number of nitrogens with one attached hydrogen (secondary N) is 1. The average molecular weight is 230 g/mol. The Labute approximate surface area is 96.1 Å². The molecule has 1 amide bonds. The Balaban J connectivity index is 3.43. The molecule has 0 aromatic heterocycles.